The second-order valence-corrected chi connectivity index (χ2v) is 6.39. The second-order valence-electron chi connectivity index (χ2n) is 5.54. The molecule has 2 aromatic carbocycles. The van der Waals surface area contributed by atoms with Crippen LogP contribution >= 0.6 is 15.9 Å². The standard InChI is InChI=1S/C17H17BrN2O3/c1-11(2)16(12-7-9-13(10-8-12)20(22)23)17(21)19-15-6-4-3-5-14(15)18/h3-11,16H,1-2H3,(H,19,21). The average Bonchev–Trinajstić information content (AvgIpc) is 2.50. The van der Waals surface area contributed by atoms with Crippen LogP contribution < -0.4 is 5.32 Å². The summed E-state index contributed by atoms with van der Waals surface area (Å²) in [7, 11) is 0. The number of hydrogen-bond donors (Lipinski definition) is 1. The molecular weight excluding hydrogens is 360 g/mol. The maximum absolute atomic E-state index is 12.7. The first-order chi connectivity index (χ1) is 10.9. The Morgan fingerprint density at radius 1 is 1.13 bits per heavy atom. The number of benzene rings is 2. The lowest BCUT2D eigenvalue weighted by atomic mass is 9.87. The SMILES string of the molecule is CC(C)C(C(=O)Nc1ccccc1Br)c1ccc([N+](=O)[O-])cc1. The molecule has 0 aliphatic carbocycles. The van der Waals surface area contributed by atoms with E-state index in [2.05, 4.69) is 21.2 Å². The number of hydrogen-bond acceptors (Lipinski definition) is 3. The summed E-state index contributed by atoms with van der Waals surface area (Å²) in [4.78, 5) is 23.0. The fourth-order valence-corrected chi connectivity index (χ4v) is 2.80. The molecule has 0 saturated carbocycles. The molecule has 5 nitrogen and oxygen atoms in total. The zero-order valence-electron chi connectivity index (χ0n) is 12.8. The second kappa shape index (κ2) is 7.37. The number of nitrogens with one attached hydrogen (secondary N) is 1. The molecule has 0 heterocycles. The number of nitro benzene ring substituents is 1. The van der Waals surface area contributed by atoms with E-state index in [-0.39, 0.29) is 23.4 Å². The number of non-ortho nitro benzene ring substituents is 1. The molecule has 0 spiro atoms. The number of nitrogens with zero attached hydrogens (tertiary/aromatic N) is 1. The molecule has 0 bridgehead atoms. The molecule has 23 heavy (non-hydrogen) atoms. The molecule has 0 aromatic heterocycles. The van der Waals surface area contributed by atoms with Crippen molar-refractivity contribution in [2.45, 2.75) is 19.8 Å². The number of carbonyl (C=O) groups is 1. The molecule has 0 aliphatic heterocycles. The highest BCUT2D eigenvalue weighted by atomic mass is 79.9. The fraction of sp³-hybridized carbons (Fsp3) is 0.235. The lowest BCUT2D eigenvalue weighted by molar-refractivity contribution is -0.384. The number of nitro groups is 1. The van der Waals surface area contributed by atoms with Crippen LogP contribution in [-0.4, -0.2) is 10.8 Å². The molecular formula is C17H17BrN2O3. The van der Waals surface area contributed by atoms with Crippen LogP contribution in [0, 0.1) is 16.0 Å². The molecule has 0 radical (unpaired) electrons. The van der Waals surface area contributed by atoms with E-state index in [1.54, 1.807) is 12.1 Å². The van der Waals surface area contributed by atoms with Gasteiger partial charge in [-0.15, -0.1) is 0 Å². The maximum atomic E-state index is 12.7. The van der Waals surface area contributed by atoms with Gasteiger partial charge in [-0.1, -0.05) is 38.1 Å². The van der Waals surface area contributed by atoms with Gasteiger partial charge in [0.1, 0.15) is 0 Å². The van der Waals surface area contributed by atoms with Crippen molar-refractivity contribution in [1.82, 2.24) is 0 Å². The van der Waals surface area contributed by atoms with Crippen LogP contribution in [-0.2, 0) is 4.79 Å². The monoisotopic (exact) mass is 376 g/mol. The van der Waals surface area contributed by atoms with E-state index in [4.69, 9.17) is 0 Å². The van der Waals surface area contributed by atoms with Gasteiger partial charge in [0, 0.05) is 16.6 Å². The van der Waals surface area contributed by atoms with Crippen LogP contribution in [0.15, 0.2) is 53.0 Å². The number of anilines is 1. The average molecular weight is 377 g/mol. The van der Waals surface area contributed by atoms with Crippen molar-refractivity contribution < 1.29 is 9.72 Å². The molecule has 1 unspecified atom stereocenters. The highest BCUT2D eigenvalue weighted by Gasteiger charge is 2.25. The number of para-hydroxylation sites is 1. The molecule has 2 aromatic rings. The minimum atomic E-state index is -0.449. The summed E-state index contributed by atoms with van der Waals surface area (Å²) < 4.78 is 0.805. The Morgan fingerprint density at radius 3 is 2.26 bits per heavy atom. The van der Waals surface area contributed by atoms with E-state index in [0.29, 0.717) is 5.69 Å². The number of carbonyl (C=O) groups excluding carboxylic acids is 1. The molecule has 2 rings (SSSR count). The quantitative estimate of drug-likeness (QED) is 0.605. The van der Waals surface area contributed by atoms with Crippen molar-refractivity contribution in [2.24, 2.45) is 5.92 Å². The molecule has 0 aliphatic rings. The van der Waals surface area contributed by atoms with Gasteiger partial charge in [0.15, 0.2) is 0 Å². The molecule has 120 valence electrons. The zero-order chi connectivity index (χ0) is 17.0. The summed E-state index contributed by atoms with van der Waals surface area (Å²) in [6.45, 7) is 3.90. The topological polar surface area (TPSA) is 72.2 Å². The Hall–Kier alpha value is -2.21. The zero-order valence-corrected chi connectivity index (χ0v) is 14.4. The van der Waals surface area contributed by atoms with Crippen molar-refractivity contribution in [3.8, 4) is 0 Å². The molecule has 0 fully saturated rings. The predicted octanol–water partition coefficient (Wildman–Crippen LogP) is 4.74. The van der Waals surface area contributed by atoms with E-state index >= 15 is 0 Å². The van der Waals surface area contributed by atoms with Gasteiger partial charge >= 0.3 is 0 Å². The summed E-state index contributed by atoms with van der Waals surface area (Å²) in [6, 6.07) is 13.5. The van der Waals surface area contributed by atoms with Crippen molar-refractivity contribution in [3.05, 3.63) is 68.7 Å². The van der Waals surface area contributed by atoms with Gasteiger partial charge in [-0.25, -0.2) is 0 Å². The Morgan fingerprint density at radius 2 is 1.74 bits per heavy atom. The Kier molecular flexibility index (Phi) is 5.50. The summed E-state index contributed by atoms with van der Waals surface area (Å²) in [5, 5.41) is 13.7. The third-order valence-electron chi connectivity index (χ3n) is 3.54. The Bertz CT molecular complexity index is 714. The third-order valence-corrected chi connectivity index (χ3v) is 4.24. The first-order valence-corrected chi connectivity index (χ1v) is 7.99. The van der Waals surface area contributed by atoms with Crippen LogP contribution in [0.2, 0.25) is 0 Å². The highest BCUT2D eigenvalue weighted by molar-refractivity contribution is 9.10. The van der Waals surface area contributed by atoms with Crippen molar-refractivity contribution >= 4 is 33.2 Å². The minimum absolute atomic E-state index is 0.0162. The number of rotatable bonds is 5. The number of amides is 1. The van der Waals surface area contributed by atoms with Gasteiger partial charge in [0.25, 0.3) is 5.69 Å². The van der Waals surface area contributed by atoms with Gasteiger partial charge in [0.05, 0.1) is 16.5 Å². The van der Waals surface area contributed by atoms with E-state index < -0.39 is 4.92 Å². The molecule has 1 N–H and O–H groups in total. The molecule has 6 heteroatoms. The van der Waals surface area contributed by atoms with E-state index in [1.165, 1.54) is 12.1 Å². The lowest BCUT2D eigenvalue weighted by Gasteiger charge is -2.21. The summed E-state index contributed by atoms with van der Waals surface area (Å²) >= 11 is 3.40. The van der Waals surface area contributed by atoms with Crippen molar-refractivity contribution in [3.63, 3.8) is 0 Å². The van der Waals surface area contributed by atoms with E-state index in [9.17, 15) is 14.9 Å². The normalized spacial score (nSPS) is 12.0. The van der Waals surface area contributed by atoms with Gasteiger partial charge in [-0.3, -0.25) is 14.9 Å². The predicted molar refractivity (Wildman–Crippen MR) is 93.4 cm³/mol. The maximum Gasteiger partial charge on any atom is 0.269 e. The van der Waals surface area contributed by atoms with Gasteiger partial charge in [0.2, 0.25) is 5.91 Å². The summed E-state index contributed by atoms with van der Waals surface area (Å²) in [6.07, 6.45) is 0. The number of halogens is 1. The largest absolute Gasteiger partial charge is 0.325 e. The van der Waals surface area contributed by atoms with Crippen molar-refractivity contribution in [2.75, 3.05) is 5.32 Å². The fourth-order valence-electron chi connectivity index (χ4n) is 2.42. The first kappa shape index (κ1) is 17.1. The van der Waals surface area contributed by atoms with Crippen LogP contribution in [0.1, 0.15) is 25.3 Å². The van der Waals surface area contributed by atoms with E-state index in [0.717, 1.165) is 10.0 Å². The van der Waals surface area contributed by atoms with Gasteiger partial charge in [-0.05, 0) is 39.5 Å². The Balaban J connectivity index is 2.25. The van der Waals surface area contributed by atoms with Crippen molar-refractivity contribution in [1.29, 1.82) is 0 Å². The molecule has 1 atom stereocenters. The smallest absolute Gasteiger partial charge is 0.269 e. The van der Waals surface area contributed by atoms with E-state index in [1.807, 2.05) is 38.1 Å². The van der Waals surface area contributed by atoms with Gasteiger partial charge in [-0.2, -0.15) is 0 Å². The highest BCUT2D eigenvalue weighted by Crippen LogP contribution is 2.29. The third kappa shape index (κ3) is 4.16. The van der Waals surface area contributed by atoms with Crippen LogP contribution in [0.3, 0.4) is 0 Å². The Labute approximate surface area is 143 Å². The molecule has 0 saturated heterocycles. The minimum Gasteiger partial charge on any atom is -0.325 e. The van der Waals surface area contributed by atoms with Crippen LogP contribution in [0.25, 0.3) is 0 Å². The van der Waals surface area contributed by atoms with Crippen LogP contribution in [0.5, 0.6) is 0 Å². The van der Waals surface area contributed by atoms with Gasteiger partial charge < -0.3 is 5.32 Å². The molecule has 1 amide bonds. The summed E-state index contributed by atoms with van der Waals surface area (Å²) in [5.41, 5.74) is 1.47. The summed E-state index contributed by atoms with van der Waals surface area (Å²) in [5.74, 6) is -0.470. The van der Waals surface area contributed by atoms with Crippen LogP contribution in [0.4, 0.5) is 11.4 Å². The first-order valence-electron chi connectivity index (χ1n) is 7.20. The lowest BCUT2D eigenvalue weighted by Crippen LogP contribution is -2.25.